The zero-order valence-corrected chi connectivity index (χ0v) is 24.8. The monoisotopic (exact) mass is 574 g/mol. The first kappa shape index (κ1) is 28.5. The molecule has 0 fully saturated rings. The minimum atomic E-state index is -0.228. The molecule has 0 aliphatic heterocycles. The molecule has 0 atom stereocenters. The number of H-pyrrole nitrogens is 1. The molecule has 0 aliphatic rings. The Morgan fingerprint density at radius 2 is 1.85 bits per heavy atom. The lowest BCUT2D eigenvalue weighted by Crippen LogP contribution is -2.24. The fourth-order valence-electron chi connectivity index (χ4n) is 5.39. The maximum Gasteiger partial charge on any atom is 0.268 e. The number of furan rings is 1. The van der Waals surface area contributed by atoms with Gasteiger partial charge in [0.2, 0.25) is 0 Å². The second-order valence-electron chi connectivity index (χ2n) is 10.4. The molecule has 0 radical (unpaired) electrons. The van der Waals surface area contributed by atoms with Crippen molar-refractivity contribution in [3.8, 4) is 16.9 Å². The minimum absolute atomic E-state index is 0.187. The maximum atomic E-state index is 13.5. The first-order valence-corrected chi connectivity index (χ1v) is 14.1. The first-order valence-electron chi connectivity index (χ1n) is 13.7. The number of aromatic amines is 1. The summed E-state index contributed by atoms with van der Waals surface area (Å²) in [6.07, 6.45) is 1.35. The van der Waals surface area contributed by atoms with Gasteiger partial charge in [-0.2, -0.15) is 5.10 Å². The number of carbonyl (C=O) groups excluding carboxylic acids is 1. The Balaban J connectivity index is 1.44. The minimum Gasteiger partial charge on any atom is -0.494 e. The van der Waals surface area contributed by atoms with E-state index in [1.807, 2.05) is 57.6 Å². The Morgan fingerprint density at radius 3 is 2.51 bits per heavy atom. The van der Waals surface area contributed by atoms with Crippen LogP contribution in [0.3, 0.4) is 0 Å². The van der Waals surface area contributed by atoms with E-state index in [2.05, 4.69) is 27.5 Å². The van der Waals surface area contributed by atoms with Crippen molar-refractivity contribution >= 4 is 28.4 Å². The summed E-state index contributed by atoms with van der Waals surface area (Å²) in [6, 6.07) is 13.5. The van der Waals surface area contributed by atoms with Gasteiger partial charge >= 0.3 is 0 Å². The first-order chi connectivity index (χ1) is 19.7. The highest BCUT2D eigenvalue weighted by Gasteiger charge is 2.22. The third-order valence-corrected chi connectivity index (χ3v) is 8.09. The topological polar surface area (TPSA) is 105 Å². The van der Waals surface area contributed by atoms with Crippen LogP contribution in [0.25, 0.3) is 22.0 Å². The molecule has 0 unspecified atom stereocenters. The van der Waals surface area contributed by atoms with Crippen molar-refractivity contribution in [2.75, 3.05) is 6.61 Å². The molecular formula is C32H35ClN4O4. The number of halogens is 1. The second-order valence-corrected chi connectivity index (χ2v) is 10.8. The number of aliphatic hydroxyl groups excluding tert-OH is 1. The molecule has 1 amide bonds. The Labute approximate surface area is 244 Å². The lowest BCUT2D eigenvalue weighted by Gasteiger charge is -2.10. The standard InChI is InChI=1S/C32H35ClN4O4/c1-18-14-24(15-19(2)29(18)33)40-13-7-10-26-25-8-6-9-27(28-20(3)36-37(5)21(28)4)30(25)35-31(26)32(39)34-16-22-11-12-23(17-38)41-22/h6,8-9,11-12,14-15,35,38H,7,10,13,16-17H2,1-5H3,(H,34,39). The van der Waals surface area contributed by atoms with E-state index >= 15 is 0 Å². The highest BCUT2D eigenvalue weighted by atomic mass is 35.5. The Hall–Kier alpha value is -4.01. The molecule has 5 rings (SSSR count). The van der Waals surface area contributed by atoms with Gasteiger partial charge < -0.3 is 24.6 Å². The van der Waals surface area contributed by atoms with E-state index < -0.39 is 0 Å². The second kappa shape index (κ2) is 11.8. The van der Waals surface area contributed by atoms with Crippen LogP contribution in [0.4, 0.5) is 0 Å². The Bertz CT molecular complexity index is 1710. The zero-order chi connectivity index (χ0) is 29.3. The predicted octanol–water partition coefficient (Wildman–Crippen LogP) is 6.48. The summed E-state index contributed by atoms with van der Waals surface area (Å²) in [6.45, 7) is 8.50. The van der Waals surface area contributed by atoms with E-state index in [1.165, 1.54) is 0 Å². The lowest BCUT2D eigenvalue weighted by molar-refractivity contribution is 0.0942. The van der Waals surface area contributed by atoms with Crippen LogP contribution in [-0.2, 0) is 26.6 Å². The van der Waals surface area contributed by atoms with E-state index in [1.54, 1.807) is 12.1 Å². The van der Waals surface area contributed by atoms with Gasteiger partial charge in [0.25, 0.3) is 5.91 Å². The van der Waals surface area contributed by atoms with Gasteiger partial charge in [0.05, 0.1) is 24.4 Å². The van der Waals surface area contributed by atoms with Gasteiger partial charge in [0, 0.05) is 34.3 Å². The highest BCUT2D eigenvalue weighted by Crippen LogP contribution is 2.35. The van der Waals surface area contributed by atoms with E-state index in [0.29, 0.717) is 36.7 Å². The summed E-state index contributed by atoms with van der Waals surface area (Å²) >= 11 is 6.31. The SMILES string of the molecule is Cc1cc(OCCCc2c(C(=O)NCc3ccc(CO)o3)[nH]c3c(-c4c(C)nn(C)c4C)cccc23)cc(C)c1Cl. The molecule has 41 heavy (non-hydrogen) atoms. The van der Waals surface area contributed by atoms with Crippen LogP contribution >= 0.6 is 11.6 Å². The molecule has 8 nitrogen and oxygen atoms in total. The van der Waals surface area contributed by atoms with Gasteiger partial charge in [-0.05, 0) is 81.5 Å². The number of ether oxygens (including phenoxy) is 1. The van der Waals surface area contributed by atoms with Crippen LogP contribution in [0.15, 0.2) is 46.9 Å². The number of hydrogen-bond donors (Lipinski definition) is 3. The van der Waals surface area contributed by atoms with Crippen LogP contribution in [0.1, 0.15) is 56.5 Å². The summed E-state index contributed by atoms with van der Waals surface area (Å²) in [5.74, 6) is 1.59. The average Bonchev–Trinajstić information content (AvgIpc) is 3.64. The average molecular weight is 575 g/mol. The molecule has 3 N–H and O–H groups in total. The number of aromatic nitrogens is 3. The fraction of sp³-hybridized carbons (Fsp3) is 0.312. The normalized spacial score (nSPS) is 11.4. The van der Waals surface area contributed by atoms with Crippen molar-refractivity contribution < 1.29 is 19.1 Å². The van der Waals surface area contributed by atoms with Crippen LogP contribution < -0.4 is 10.1 Å². The number of rotatable bonds is 10. The quantitative estimate of drug-likeness (QED) is 0.166. The number of benzene rings is 2. The van der Waals surface area contributed by atoms with E-state index in [0.717, 1.165) is 60.9 Å². The van der Waals surface area contributed by atoms with Gasteiger partial charge in [-0.3, -0.25) is 9.48 Å². The molecule has 0 saturated heterocycles. The number of aryl methyl sites for hydroxylation is 5. The van der Waals surface area contributed by atoms with E-state index in [9.17, 15) is 9.90 Å². The van der Waals surface area contributed by atoms with Crippen molar-refractivity contribution in [1.29, 1.82) is 0 Å². The predicted molar refractivity (Wildman–Crippen MR) is 161 cm³/mol. The van der Waals surface area contributed by atoms with Crippen LogP contribution in [0.5, 0.6) is 5.75 Å². The van der Waals surface area contributed by atoms with Crippen molar-refractivity contribution in [3.63, 3.8) is 0 Å². The molecule has 0 aliphatic carbocycles. The number of fused-ring (bicyclic) bond motifs is 1. The smallest absolute Gasteiger partial charge is 0.268 e. The summed E-state index contributed by atoms with van der Waals surface area (Å²) in [5.41, 5.74) is 8.35. The van der Waals surface area contributed by atoms with Crippen molar-refractivity contribution in [3.05, 3.63) is 92.8 Å². The number of nitrogens with zero attached hydrogens (tertiary/aromatic N) is 2. The van der Waals surface area contributed by atoms with Crippen LogP contribution in [-0.4, -0.2) is 32.4 Å². The van der Waals surface area contributed by atoms with Crippen LogP contribution in [0.2, 0.25) is 5.02 Å². The fourth-order valence-corrected chi connectivity index (χ4v) is 5.49. The van der Waals surface area contributed by atoms with Gasteiger partial charge in [0.1, 0.15) is 29.6 Å². The molecule has 9 heteroatoms. The number of aliphatic hydroxyl groups is 1. The number of amides is 1. The molecule has 3 aromatic heterocycles. The Morgan fingerprint density at radius 1 is 1.12 bits per heavy atom. The third kappa shape index (κ3) is 5.76. The summed E-state index contributed by atoms with van der Waals surface area (Å²) in [7, 11) is 1.94. The molecular weight excluding hydrogens is 540 g/mol. The molecule has 2 aromatic carbocycles. The zero-order valence-electron chi connectivity index (χ0n) is 24.0. The van der Waals surface area contributed by atoms with Crippen molar-refractivity contribution in [2.24, 2.45) is 7.05 Å². The number of carbonyl (C=O) groups is 1. The molecule has 5 aromatic rings. The van der Waals surface area contributed by atoms with E-state index in [-0.39, 0.29) is 19.1 Å². The number of hydrogen-bond acceptors (Lipinski definition) is 5. The van der Waals surface area contributed by atoms with Crippen LogP contribution in [0, 0.1) is 27.7 Å². The largest absolute Gasteiger partial charge is 0.494 e. The summed E-state index contributed by atoms with van der Waals surface area (Å²) in [5, 5.41) is 18.6. The number of para-hydroxylation sites is 1. The van der Waals surface area contributed by atoms with Crippen molar-refractivity contribution in [2.45, 2.75) is 53.7 Å². The Kier molecular flexibility index (Phi) is 8.24. The van der Waals surface area contributed by atoms with Gasteiger partial charge in [0.15, 0.2) is 0 Å². The molecule has 0 saturated carbocycles. The summed E-state index contributed by atoms with van der Waals surface area (Å²) < 4.78 is 13.5. The molecule has 0 spiro atoms. The maximum absolute atomic E-state index is 13.5. The van der Waals surface area contributed by atoms with Gasteiger partial charge in [-0.1, -0.05) is 29.8 Å². The van der Waals surface area contributed by atoms with Crippen molar-refractivity contribution in [1.82, 2.24) is 20.1 Å². The lowest BCUT2D eigenvalue weighted by atomic mass is 9.98. The third-order valence-electron chi connectivity index (χ3n) is 7.49. The van der Waals surface area contributed by atoms with Gasteiger partial charge in [-0.25, -0.2) is 0 Å². The molecule has 3 heterocycles. The molecule has 0 bridgehead atoms. The molecule has 214 valence electrons. The number of nitrogens with one attached hydrogen (secondary N) is 2. The highest BCUT2D eigenvalue weighted by molar-refractivity contribution is 6.32. The van der Waals surface area contributed by atoms with E-state index in [4.69, 9.17) is 20.8 Å². The summed E-state index contributed by atoms with van der Waals surface area (Å²) in [4.78, 5) is 17.0. The van der Waals surface area contributed by atoms with Gasteiger partial charge in [-0.15, -0.1) is 0 Å².